The van der Waals surface area contributed by atoms with E-state index < -0.39 is 0 Å². The second kappa shape index (κ2) is 10.5. The predicted molar refractivity (Wildman–Crippen MR) is 120 cm³/mol. The van der Waals surface area contributed by atoms with Crippen molar-refractivity contribution in [2.45, 2.75) is 44.9 Å². The fourth-order valence-corrected chi connectivity index (χ4v) is 3.32. The second-order valence-corrected chi connectivity index (χ2v) is 7.16. The molecule has 0 saturated carbocycles. The van der Waals surface area contributed by atoms with Crippen molar-refractivity contribution in [2.24, 2.45) is 4.99 Å². The van der Waals surface area contributed by atoms with E-state index in [0.29, 0.717) is 0 Å². The first-order chi connectivity index (χ1) is 14.2. The van der Waals surface area contributed by atoms with Crippen molar-refractivity contribution in [1.82, 2.24) is 4.98 Å². The Morgan fingerprint density at radius 3 is 2.66 bits per heavy atom. The van der Waals surface area contributed by atoms with Gasteiger partial charge in [0, 0.05) is 23.9 Å². The van der Waals surface area contributed by atoms with Gasteiger partial charge in [0.25, 0.3) is 0 Å². The van der Waals surface area contributed by atoms with Gasteiger partial charge in [0.1, 0.15) is 22.9 Å². The highest BCUT2D eigenvalue weighted by atomic mass is 16.5. The fraction of sp³-hybridized carbons (Fsp3) is 0.320. The van der Waals surface area contributed by atoms with Gasteiger partial charge in [-0.05, 0) is 68.9 Å². The third kappa shape index (κ3) is 5.74. The predicted octanol–water partition coefficient (Wildman–Crippen LogP) is 6.39. The molecular weight excluding hydrogens is 360 g/mol. The van der Waals surface area contributed by atoms with Crippen LogP contribution in [0.2, 0.25) is 0 Å². The molecule has 0 saturated heterocycles. The molecule has 1 aliphatic heterocycles. The van der Waals surface area contributed by atoms with Gasteiger partial charge >= 0.3 is 0 Å². The number of aliphatic imine (C=N–C) groups is 1. The first-order valence-corrected chi connectivity index (χ1v) is 10.3. The summed E-state index contributed by atoms with van der Waals surface area (Å²) in [6, 6.07) is 8.22. The molecule has 4 nitrogen and oxygen atoms in total. The SMILES string of the molecule is C=CCCCCc1ccc(/C=C2\N=C(c3ccc(CCCC=C)o3)C=C2OC)[nH]1. The number of unbranched alkanes of at least 4 members (excludes halogenated alkanes) is 3. The van der Waals surface area contributed by atoms with Crippen LogP contribution in [0, 0.1) is 0 Å². The van der Waals surface area contributed by atoms with Crippen molar-refractivity contribution in [3.63, 3.8) is 0 Å². The minimum atomic E-state index is 0.742. The highest BCUT2D eigenvalue weighted by Crippen LogP contribution is 2.26. The van der Waals surface area contributed by atoms with E-state index in [9.17, 15) is 0 Å². The summed E-state index contributed by atoms with van der Waals surface area (Å²) in [5.41, 5.74) is 3.85. The van der Waals surface area contributed by atoms with Gasteiger partial charge in [0.05, 0.1) is 7.11 Å². The van der Waals surface area contributed by atoms with Crippen molar-refractivity contribution in [2.75, 3.05) is 7.11 Å². The summed E-state index contributed by atoms with van der Waals surface area (Å²) in [4.78, 5) is 8.19. The van der Waals surface area contributed by atoms with Crippen LogP contribution in [-0.4, -0.2) is 17.8 Å². The topological polar surface area (TPSA) is 50.5 Å². The Hall–Kier alpha value is -3.01. The summed E-state index contributed by atoms with van der Waals surface area (Å²) >= 11 is 0. The van der Waals surface area contributed by atoms with E-state index in [2.05, 4.69) is 30.3 Å². The minimum Gasteiger partial charge on any atom is -0.494 e. The first kappa shape index (κ1) is 20.7. The number of hydrogen-bond donors (Lipinski definition) is 1. The number of nitrogens with zero attached hydrogens (tertiary/aromatic N) is 1. The standard InChI is InChI=1S/C25H30N2O2/c1-4-6-8-10-11-19-13-14-20(26-19)17-22-25(28-3)18-23(27-22)24-16-15-21(29-24)12-9-7-5-2/h4-5,13-18,26H,1-2,6-12H2,3H3/b22-17-. The number of ether oxygens (including phenoxy) is 1. The Morgan fingerprint density at radius 2 is 1.86 bits per heavy atom. The van der Waals surface area contributed by atoms with Gasteiger partial charge in [0.15, 0.2) is 5.76 Å². The third-order valence-corrected chi connectivity index (χ3v) is 4.89. The molecule has 0 radical (unpaired) electrons. The molecule has 0 unspecified atom stereocenters. The van der Waals surface area contributed by atoms with E-state index in [1.54, 1.807) is 7.11 Å². The van der Waals surface area contributed by atoms with Crippen LogP contribution in [0.4, 0.5) is 0 Å². The number of aromatic amines is 1. The average molecular weight is 391 g/mol. The molecule has 152 valence electrons. The molecule has 0 spiro atoms. The molecule has 0 atom stereocenters. The molecule has 1 N–H and O–H groups in total. The Kier molecular flexibility index (Phi) is 7.51. The normalized spacial score (nSPS) is 14.7. The molecule has 3 rings (SSSR count). The number of rotatable bonds is 12. The molecular formula is C25H30N2O2. The average Bonchev–Trinajstić information content (AvgIpc) is 3.46. The summed E-state index contributed by atoms with van der Waals surface area (Å²) in [5.74, 6) is 2.48. The van der Waals surface area contributed by atoms with Crippen LogP contribution < -0.4 is 0 Å². The number of aryl methyl sites for hydroxylation is 2. The lowest BCUT2D eigenvalue weighted by molar-refractivity contribution is 0.303. The van der Waals surface area contributed by atoms with Gasteiger partial charge in [-0.3, -0.25) is 0 Å². The molecule has 2 aromatic rings. The van der Waals surface area contributed by atoms with Crippen LogP contribution in [0.1, 0.15) is 55.0 Å². The Labute approximate surface area is 173 Å². The second-order valence-electron chi connectivity index (χ2n) is 7.16. The number of allylic oxidation sites excluding steroid dienone is 3. The minimum absolute atomic E-state index is 0.742. The molecule has 0 fully saturated rings. The monoisotopic (exact) mass is 390 g/mol. The van der Waals surface area contributed by atoms with Crippen LogP contribution in [0.3, 0.4) is 0 Å². The maximum Gasteiger partial charge on any atom is 0.152 e. The van der Waals surface area contributed by atoms with Gasteiger partial charge in [-0.15, -0.1) is 13.2 Å². The third-order valence-electron chi connectivity index (χ3n) is 4.89. The van der Waals surface area contributed by atoms with Crippen LogP contribution in [0.25, 0.3) is 6.08 Å². The fourth-order valence-electron chi connectivity index (χ4n) is 3.32. The number of nitrogens with one attached hydrogen (secondary N) is 1. The molecule has 3 heterocycles. The van der Waals surface area contributed by atoms with Crippen molar-refractivity contribution in [3.8, 4) is 0 Å². The number of H-pyrrole nitrogens is 1. The summed E-state index contributed by atoms with van der Waals surface area (Å²) in [7, 11) is 1.67. The zero-order chi connectivity index (χ0) is 20.5. The molecule has 0 amide bonds. The van der Waals surface area contributed by atoms with E-state index in [0.717, 1.165) is 72.9 Å². The van der Waals surface area contributed by atoms with E-state index in [1.807, 2.05) is 36.4 Å². The van der Waals surface area contributed by atoms with Crippen molar-refractivity contribution in [1.29, 1.82) is 0 Å². The highest BCUT2D eigenvalue weighted by Gasteiger charge is 2.19. The Morgan fingerprint density at radius 1 is 1.03 bits per heavy atom. The largest absolute Gasteiger partial charge is 0.494 e. The van der Waals surface area contributed by atoms with Crippen LogP contribution in [0.15, 0.2) is 76.5 Å². The lowest BCUT2D eigenvalue weighted by Gasteiger charge is -2.00. The number of methoxy groups -OCH3 is 1. The maximum atomic E-state index is 5.97. The number of furan rings is 1. The maximum absolute atomic E-state index is 5.97. The smallest absolute Gasteiger partial charge is 0.152 e. The molecule has 0 aromatic carbocycles. The van der Waals surface area contributed by atoms with Gasteiger partial charge in [-0.2, -0.15) is 0 Å². The lowest BCUT2D eigenvalue weighted by atomic mass is 10.1. The molecule has 2 aromatic heterocycles. The first-order valence-electron chi connectivity index (χ1n) is 10.3. The molecule has 29 heavy (non-hydrogen) atoms. The number of hydrogen-bond acceptors (Lipinski definition) is 3. The summed E-state index contributed by atoms with van der Waals surface area (Å²) in [6.45, 7) is 7.53. The molecule has 1 aliphatic rings. The van der Waals surface area contributed by atoms with Gasteiger partial charge < -0.3 is 14.1 Å². The van der Waals surface area contributed by atoms with E-state index >= 15 is 0 Å². The van der Waals surface area contributed by atoms with Crippen LogP contribution in [0.5, 0.6) is 0 Å². The molecule has 0 aliphatic carbocycles. The van der Waals surface area contributed by atoms with Gasteiger partial charge in [-0.1, -0.05) is 12.2 Å². The Balaban J connectivity index is 1.69. The zero-order valence-corrected chi connectivity index (χ0v) is 17.2. The summed E-state index contributed by atoms with van der Waals surface area (Å²) in [6.07, 6.45) is 15.2. The van der Waals surface area contributed by atoms with E-state index in [-0.39, 0.29) is 0 Å². The van der Waals surface area contributed by atoms with Crippen LogP contribution in [-0.2, 0) is 17.6 Å². The Bertz CT molecular complexity index is 924. The van der Waals surface area contributed by atoms with E-state index in [1.165, 1.54) is 12.1 Å². The highest BCUT2D eigenvalue weighted by molar-refractivity contribution is 6.10. The quantitative estimate of drug-likeness (QED) is 0.337. The van der Waals surface area contributed by atoms with Crippen molar-refractivity contribution in [3.05, 3.63) is 90.0 Å². The lowest BCUT2D eigenvalue weighted by Crippen LogP contribution is -1.90. The molecule has 0 bridgehead atoms. The van der Waals surface area contributed by atoms with Crippen LogP contribution >= 0.6 is 0 Å². The zero-order valence-electron chi connectivity index (χ0n) is 17.2. The van der Waals surface area contributed by atoms with E-state index in [4.69, 9.17) is 14.1 Å². The summed E-state index contributed by atoms with van der Waals surface area (Å²) in [5, 5.41) is 0. The van der Waals surface area contributed by atoms with Crippen molar-refractivity contribution < 1.29 is 9.15 Å². The summed E-state index contributed by atoms with van der Waals surface area (Å²) < 4.78 is 11.5. The van der Waals surface area contributed by atoms with Gasteiger partial charge in [0.2, 0.25) is 0 Å². The van der Waals surface area contributed by atoms with Gasteiger partial charge in [-0.25, -0.2) is 4.99 Å². The number of aromatic nitrogens is 1. The van der Waals surface area contributed by atoms with Crippen molar-refractivity contribution >= 4 is 11.8 Å². The molecule has 4 heteroatoms.